The van der Waals surface area contributed by atoms with Gasteiger partial charge in [0, 0.05) is 18.6 Å². The summed E-state index contributed by atoms with van der Waals surface area (Å²) >= 11 is 0. The Kier molecular flexibility index (Phi) is 3.41. The van der Waals surface area contributed by atoms with Gasteiger partial charge in [-0.25, -0.2) is 0 Å². The van der Waals surface area contributed by atoms with Gasteiger partial charge in [-0.3, -0.25) is 4.79 Å². The molecule has 1 heterocycles. The van der Waals surface area contributed by atoms with Crippen molar-refractivity contribution in [3.05, 3.63) is 0 Å². The quantitative estimate of drug-likeness (QED) is 0.732. The number of rotatable bonds is 2. The first kappa shape index (κ1) is 12.5. The number of hydrogen-bond acceptors (Lipinski definition) is 3. The van der Waals surface area contributed by atoms with Crippen LogP contribution in [-0.4, -0.2) is 42.6 Å². The molecule has 1 saturated heterocycles. The van der Waals surface area contributed by atoms with Crippen LogP contribution in [0.5, 0.6) is 0 Å². The molecule has 2 N–H and O–H groups in total. The highest BCUT2D eigenvalue weighted by Crippen LogP contribution is 2.30. The maximum atomic E-state index is 12.3. The molecule has 0 aromatic carbocycles. The van der Waals surface area contributed by atoms with Gasteiger partial charge in [0.05, 0.1) is 18.6 Å². The smallest absolute Gasteiger partial charge is 0.230 e. The van der Waals surface area contributed by atoms with E-state index in [1.165, 1.54) is 0 Å². The second-order valence-corrected chi connectivity index (χ2v) is 5.25. The molecule has 0 radical (unpaired) electrons. The molecule has 4 nitrogen and oxygen atoms in total. The van der Waals surface area contributed by atoms with Crippen molar-refractivity contribution in [2.45, 2.75) is 33.2 Å². The second kappa shape index (κ2) is 4.10. The number of carbonyl (C=O) groups excluding carboxylic acids is 1. The van der Waals surface area contributed by atoms with Crippen LogP contribution in [0.25, 0.3) is 0 Å². The van der Waals surface area contributed by atoms with Gasteiger partial charge < -0.3 is 15.4 Å². The molecule has 88 valence electrons. The van der Waals surface area contributed by atoms with E-state index < -0.39 is 11.0 Å². The van der Waals surface area contributed by atoms with Crippen LogP contribution in [0.15, 0.2) is 0 Å². The van der Waals surface area contributed by atoms with Gasteiger partial charge in [-0.2, -0.15) is 0 Å². The van der Waals surface area contributed by atoms with E-state index in [-0.39, 0.29) is 5.91 Å². The Bertz CT molecular complexity index is 237. The first-order valence-electron chi connectivity index (χ1n) is 5.43. The number of ether oxygens (including phenoxy) is 1. The number of morpholine rings is 1. The first-order valence-corrected chi connectivity index (χ1v) is 5.43. The SMILES string of the molecule is CC(C)(N)C(C)(C)C(=O)N1CCOCC1. The lowest BCUT2D eigenvalue weighted by molar-refractivity contribution is -0.147. The molecular weight excluding hydrogens is 192 g/mol. The Morgan fingerprint density at radius 2 is 1.67 bits per heavy atom. The van der Waals surface area contributed by atoms with Crippen molar-refractivity contribution in [3.63, 3.8) is 0 Å². The van der Waals surface area contributed by atoms with Gasteiger partial charge >= 0.3 is 0 Å². The molecule has 0 aromatic heterocycles. The summed E-state index contributed by atoms with van der Waals surface area (Å²) in [5, 5.41) is 0. The highest BCUT2D eigenvalue weighted by atomic mass is 16.5. The lowest BCUT2D eigenvalue weighted by atomic mass is 9.74. The van der Waals surface area contributed by atoms with Gasteiger partial charge in [0.1, 0.15) is 0 Å². The van der Waals surface area contributed by atoms with Crippen LogP contribution < -0.4 is 5.73 Å². The fourth-order valence-electron chi connectivity index (χ4n) is 1.44. The molecule has 1 fully saturated rings. The minimum atomic E-state index is -0.537. The van der Waals surface area contributed by atoms with E-state index >= 15 is 0 Å². The predicted molar refractivity (Wildman–Crippen MR) is 59.4 cm³/mol. The zero-order chi connectivity index (χ0) is 11.7. The maximum Gasteiger partial charge on any atom is 0.230 e. The highest BCUT2D eigenvalue weighted by molar-refractivity contribution is 5.83. The third-order valence-electron chi connectivity index (χ3n) is 3.44. The average molecular weight is 214 g/mol. The molecule has 0 saturated carbocycles. The first-order chi connectivity index (χ1) is 6.77. The zero-order valence-corrected chi connectivity index (χ0v) is 10.2. The Morgan fingerprint density at radius 1 is 1.20 bits per heavy atom. The molecule has 0 unspecified atom stereocenters. The summed E-state index contributed by atoms with van der Waals surface area (Å²) < 4.78 is 5.22. The molecule has 1 rings (SSSR count). The molecule has 15 heavy (non-hydrogen) atoms. The Morgan fingerprint density at radius 3 is 2.07 bits per heavy atom. The zero-order valence-electron chi connectivity index (χ0n) is 10.2. The summed E-state index contributed by atoms with van der Waals surface area (Å²) in [5.41, 5.74) is 4.99. The summed E-state index contributed by atoms with van der Waals surface area (Å²) in [4.78, 5) is 14.1. The summed E-state index contributed by atoms with van der Waals surface area (Å²) in [6.45, 7) is 10.2. The fourth-order valence-corrected chi connectivity index (χ4v) is 1.44. The second-order valence-electron chi connectivity index (χ2n) is 5.25. The summed E-state index contributed by atoms with van der Waals surface area (Å²) in [6.07, 6.45) is 0. The van der Waals surface area contributed by atoms with Gasteiger partial charge in [0.15, 0.2) is 0 Å². The van der Waals surface area contributed by atoms with E-state index in [1.54, 1.807) is 0 Å². The molecule has 1 aliphatic heterocycles. The fraction of sp³-hybridized carbons (Fsp3) is 0.909. The number of carbonyl (C=O) groups is 1. The molecule has 4 heteroatoms. The van der Waals surface area contributed by atoms with Crippen molar-refractivity contribution in [2.75, 3.05) is 26.3 Å². The van der Waals surface area contributed by atoms with Crippen LogP contribution >= 0.6 is 0 Å². The van der Waals surface area contributed by atoms with Crippen LogP contribution in [-0.2, 0) is 9.53 Å². The number of nitrogens with zero attached hydrogens (tertiary/aromatic N) is 1. The van der Waals surface area contributed by atoms with E-state index in [1.807, 2.05) is 32.6 Å². The van der Waals surface area contributed by atoms with Crippen molar-refractivity contribution in [3.8, 4) is 0 Å². The van der Waals surface area contributed by atoms with E-state index in [0.29, 0.717) is 26.3 Å². The largest absolute Gasteiger partial charge is 0.378 e. The van der Waals surface area contributed by atoms with Crippen LogP contribution in [0.4, 0.5) is 0 Å². The standard InChI is InChI=1S/C11H22N2O2/c1-10(2,11(3,4)12)9(14)13-5-7-15-8-6-13/h5-8,12H2,1-4H3. The number of nitrogens with two attached hydrogens (primary N) is 1. The van der Waals surface area contributed by atoms with E-state index in [9.17, 15) is 4.79 Å². The van der Waals surface area contributed by atoms with Gasteiger partial charge in [-0.1, -0.05) is 0 Å². The van der Waals surface area contributed by atoms with Gasteiger partial charge in [0.25, 0.3) is 0 Å². The van der Waals surface area contributed by atoms with Crippen molar-refractivity contribution >= 4 is 5.91 Å². The van der Waals surface area contributed by atoms with Crippen LogP contribution in [0.1, 0.15) is 27.7 Å². The Hall–Kier alpha value is -0.610. The minimum Gasteiger partial charge on any atom is -0.378 e. The molecule has 0 aromatic rings. The summed E-state index contributed by atoms with van der Waals surface area (Å²) in [6, 6.07) is 0. The summed E-state index contributed by atoms with van der Waals surface area (Å²) in [7, 11) is 0. The normalized spacial score (nSPS) is 19.1. The van der Waals surface area contributed by atoms with Crippen LogP contribution in [0.3, 0.4) is 0 Å². The predicted octanol–water partition coefficient (Wildman–Crippen LogP) is 0.609. The minimum absolute atomic E-state index is 0.123. The van der Waals surface area contributed by atoms with Gasteiger partial charge in [-0.15, -0.1) is 0 Å². The topological polar surface area (TPSA) is 55.6 Å². The van der Waals surface area contributed by atoms with E-state index in [4.69, 9.17) is 10.5 Å². The molecule has 0 bridgehead atoms. The Labute approximate surface area is 91.8 Å². The van der Waals surface area contributed by atoms with Crippen molar-refractivity contribution in [2.24, 2.45) is 11.1 Å². The lowest BCUT2D eigenvalue weighted by Gasteiger charge is -2.41. The maximum absolute atomic E-state index is 12.3. The van der Waals surface area contributed by atoms with Crippen molar-refractivity contribution < 1.29 is 9.53 Å². The number of hydrogen-bond donors (Lipinski definition) is 1. The molecule has 1 aliphatic rings. The summed E-state index contributed by atoms with van der Waals surface area (Å²) in [5.74, 6) is 0.123. The molecule has 1 amide bonds. The van der Waals surface area contributed by atoms with Crippen molar-refractivity contribution in [1.82, 2.24) is 4.90 Å². The molecule has 0 aliphatic carbocycles. The lowest BCUT2D eigenvalue weighted by Crippen LogP contribution is -2.58. The van der Waals surface area contributed by atoms with E-state index in [0.717, 1.165) is 0 Å². The van der Waals surface area contributed by atoms with Crippen LogP contribution in [0.2, 0.25) is 0 Å². The third-order valence-corrected chi connectivity index (χ3v) is 3.44. The number of amides is 1. The van der Waals surface area contributed by atoms with Crippen LogP contribution in [0, 0.1) is 5.41 Å². The average Bonchev–Trinajstić information content (AvgIpc) is 2.16. The molecule has 0 atom stereocenters. The monoisotopic (exact) mass is 214 g/mol. The van der Waals surface area contributed by atoms with E-state index in [2.05, 4.69) is 0 Å². The molecule has 0 spiro atoms. The third kappa shape index (κ3) is 2.49. The Balaban J connectivity index is 2.74. The highest BCUT2D eigenvalue weighted by Gasteiger charge is 2.42. The molecular formula is C11H22N2O2. The van der Waals surface area contributed by atoms with Gasteiger partial charge in [0.2, 0.25) is 5.91 Å². The van der Waals surface area contributed by atoms with Crippen molar-refractivity contribution in [1.29, 1.82) is 0 Å². The van der Waals surface area contributed by atoms with Gasteiger partial charge in [-0.05, 0) is 27.7 Å².